The summed E-state index contributed by atoms with van der Waals surface area (Å²) in [6.07, 6.45) is 0.479. The van der Waals surface area contributed by atoms with Gasteiger partial charge < -0.3 is 11.1 Å². The van der Waals surface area contributed by atoms with Gasteiger partial charge in [-0.15, -0.1) is 0 Å². The minimum atomic E-state index is -0.852. The average Bonchev–Trinajstić information content (AvgIpc) is 2.59. The molecule has 3 N–H and O–H groups in total. The first kappa shape index (κ1) is 17.7. The maximum Gasteiger partial charge on any atom is 0.251 e. The first-order valence-electron chi connectivity index (χ1n) is 7.87. The molecule has 0 bridgehead atoms. The monoisotopic (exact) mass is 328 g/mol. The van der Waals surface area contributed by atoms with Gasteiger partial charge >= 0.3 is 0 Å². The number of carbonyl (C=O) groups excluding carboxylic acids is 2. The van der Waals surface area contributed by atoms with Crippen molar-refractivity contribution in [3.8, 4) is 0 Å². The van der Waals surface area contributed by atoms with Crippen LogP contribution in [0, 0.1) is 5.82 Å². The van der Waals surface area contributed by atoms with Gasteiger partial charge in [0, 0.05) is 11.5 Å². The lowest BCUT2D eigenvalue weighted by Crippen LogP contribution is -2.47. The highest BCUT2D eigenvalue weighted by atomic mass is 19.1. The summed E-state index contributed by atoms with van der Waals surface area (Å²) in [7, 11) is 0. The number of nitrogens with one attached hydrogen (secondary N) is 1. The van der Waals surface area contributed by atoms with Gasteiger partial charge in [0.15, 0.2) is 0 Å². The Morgan fingerprint density at radius 3 is 2.42 bits per heavy atom. The van der Waals surface area contributed by atoms with Crippen molar-refractivity contribution in [3.63, 3.8) is 0 Å². The molecule has 2 amide bonds. The molecule has 2 rings (SSSR count). The Hall–Kier alpha value is -2.69. The second-order valence-electron chi connectivity index (χ2n) is 5.71. The maximum absolute atomic E-state index is 13.6. The number of halogens is 1. The topological polar surface area (TPSA) is 72.2 Å². The molecule has 5 heteroatoms. The normalized spacial score (nSPS) is 13.1. The van der Waals surface area contributed by atoms with E-state index in [2.05, 4.69) is 5.32 Å². The number of rotatable bonds is 6. The van der Waals surface area contributed by atoms with Gasteiger partial charge in [-0.3, -0.25) is 9.59 Å². The SMILES string of the molecule is CCc1cc(C(=O)NC(C(N)=O)C(C)c2ccccc2)ccc1F. The number of hydrogen-bond donors (Lipinski definition) is 2. The molecule has 0 radical (unpaired) electrons. The summed E-state index contributed by atoms with van der Waals surface area (Å²) < 4.78 is 13.6. The molecule has 24 heavy (non-hydrogen) atoms. The number of carbonyl (C=O) groups is 2. The molecular weight excluding hydrogens is 307 g/mol. The van der Waals surface area contributed by atoms with Gasteiger partial charge in [-0.1, -0.05) is 44.2 Å². The van der Waals surface area contributed by atoms with Gasteiger partial charge in [-0.2, -0.15) is 0 Å². The number of aryl methyl sites for hydroxylation is 1. The van der Waals surface area contributed by atoms with Crippen LogP contribution in [0.5, 0.6) is 0 Å². The van der Waals surface area contributed by atoms with E-state index >= 15 is 0 Å². The molecule has 0 aliphatic carbocycles. The highest BCUT2D eigenvalue weighted by molar-refractivity contribution is 5.97. The Kier molecular flexibility index (Phi) is 5.68. The third-order valence-electron chi connectivity index (χ3n) is 4.11. The highest BCUT2D eigenvalue weighted by Crippen LogP contribution is 2.19. The summed E-state index contributed by atoms with van der Waals surface area (Å²) in [4.78, 5) is 24.2. The zero-order valence-corrected chi connectivity index (χ0v) is 13.8. The van der Waals surface area contributed by atoms with Crippen LogP contribution >= 0.6 is 0 Å². The van der Waals surface area contributed by atoms with Crippen molar-refractivity contribution in [1.29, 1.82) is 0 Å². The Morgan fingerprint density at radius 1 is 1.17 bits per heavy atom. The fraction of sp³-hybridized carbons (Fsp3) is 0.263. The Morgan fingerprint density at radius 2 is 1.83 bits per heavy atom. The minimum absolute atomic E-state index is 0.279. The lowest BCUT2D eigenvalue weighted by Gasteiger charge is -2.23. The van der Waals surface area contributed by atoms with Crippen LogP contribution in [0.1, 0.15) is 41.3 Å². The third-order valence-corrected chi connectivity index (χ3v) is 4.11. The Labute approximate surface area is 140 Å². The predicted molar refractivity (Wildman–Crippen MR) is 91.1 cm³/mol. The number of amides is 2. The molecule has 0 aliphatic rings. The van der Waals surface area contributed by atoms with Crippen molar-refractivity contribution in [2.24, 2.45) is 5.73 Å². The average molecular weight is 328 g/mol. The van der Waals surface area contributed by atoms with E-state index < -0.39 is 17.9 Å². The van der Waals surface area contributed by atoms with Gasteiger partial charge in [0.2, 0.25) is 5.91 Å². The van der Waals surface area contributed by atoms with E-state index in [-0.39, 0.29) is 11.7 Å². The van der Waals surface area contributed by atoms with E-state index in [1.165, 1.54) is 18.2 Å². The van der Waals surface area contributed by atoms with Crippen molar-refractivity contribution >= 4 is 11.8 Å². The number of hydrogen-bond acceptors (Lipinski definition) is 2. The van der Waals surface area contributed by atoms with Gasteiger partial charge in [0.05, 0.1) is 0 Å². The summed E-state index contributed by atoms with van der Waals surface area (Å²) in [5.74, 6) is -1.69. The van der Waals surface area contributed by atoms with Crippen LogP contribution in [0.2, 0.25) is 0 Å². The smallest absolute Gasteiger partial charge is 0.251 e. The highest BCUT2D eigenvalue weighted by Gasteiger charge is 2.26. The van der Waals surface area contributed by atoms with Gasteiger partial charge in [-0.25, -0.2) is 4.39 Å². The quantitative estimate of drug-likeness (QED) is 0.856. The Balaban J connectivity index is 2.21. The Bertz CT molecular complexity index is 731. The van der Waals surface area contributed by atoms with E-state index in [0.29, 0.717) is 17.5 Å². The third kappa shape index (κ3) is 3.98. The van der Waals surface area contributed by atoms with Crippen LogP contribution in [0.3, 0.4) is 0 Å². The molecule has 0 saturated carbocycles. The fourth-order valence-electron chi connectivity index (χ4n) is 2.60. The summed E-state index contributed by atoms with van der Waals surface area (Å²) in [6.45, 7) is 3.64. The van der Waals surface area contributed by atoms with Crippen molar-refractivity contribution in [2.75, 3.05) is 0 Å². The molecule has 0 heterocycles. The number of nitrogens with two attached hydrogens (primary N) is 1. The zero-order chi connectivity index (χ0) is 17.7. The minimum Gasteiger partial charge on any atom is -0.368 e. The molecule has 2 aromatic rings. The van der Waals surface area contributed by atoms with Gasteiger partial charge in [0.1, 0.15) is 11.9 Å². The van der Waals surface area contributed by atoms with Crippen molar-refractivity contribution in [2.45, 2.75) is 32.2 Å². The van der Waals surface area contributed by atoms with E-state index in [0.717, 1.165) is 5.56 Å². The second-order valence-corrected chi connectivity index (χ2v) is 5.71. The number of primary amides is 1. The van der Waals surface area contributed by atoms with Crippen molar-refractivity contribution < 1.29 is 14.0 Å². The van der Waals surface area contributed by atoms with Crippen LogP contribution in [0.4, 0.5) is 4.39 Å². The summed E-state index contributed by atoms with van der Waals surface area (Å²) in [5, 5.41) is 2.67. The molecule has 4 nitrogen and oxygen atoms in total. The van der Waals surface area contributed by atoms with Crippen LogP contribution in [0.15, 0.2) is 48.5 Å². The van der Waals surface area contributed by atoms with Crippen LogP contribution < -0.4 is 11.1 Å². The van der Waals surface area contributed by atoms with E-state index in [1.807, 2.05) is 44.2 Å². The standard InChI is InChI=1S/C19H21FN2O2/c1-3-13-11-15(9-10-16(13)20)19(24)22-17(18(21)23)12(2)14-7-5-4-6-8-14/h4-12,17H,3H2,1-2H3,(H2,21,23)(H,22,24). The zero-order valence-electron chi connectivity index (χ0n) is 13.8. The molecule has 0 fully saturated rings. The first-order valence-corrected chi connectivity index (χ1v) is 7.87. The summed E-state index contributed by atoms with van der Waals surface area (Å²) in [5.41, 5.74) is 7.12. The van der Waals surface area contributed by atoms with Gasteiger partial charge in [-0.05, 0) is 35.7 Å². The molecule has 2 atom stereocenters. The molecule has 126 valence electrons. The van der Waals surface area contributed by atoms with Gasteiger partial charge in [0.25, 0.3) is 5.91 Å². The van der Waals surface area contributed by atoms with Crippen LogP contribution in [-0.4, -0.2) is 17.9 Å². The van der Waals surface area contributed by atoms with E-state index in [9.17, 15) is 14.0 Å². The number of benzene rings is 2. The summed E-state index contributed by atoms with van der Waals surface area (Å²) >= 11 is 0. The fourth-order valence-corrected chi connectivity index (χ4v) is 2.60. The van der Waals surface area contributed by atoms with Crippen LogP contribution in [-0.2, 0) is 11.2 Å². The predicted octanol–water partition coefficient (Wildman–Crippen LogP) is 2.78. The molecular formula is C19H21FN2O2. The first-order chi connectivity index (χ1) is 11.4. The molecule has 0 aromatic heterocycles. The molecule has 0 spiro atoms. The maximum atomic E-state index is 13.6. The molecule has 2 aromatic carbocycles. The molecule has 0 aliphatic heterocycles. The molecule has 0 saturated heterocycles. The van der Waals surface area contributed by atoms with Crippen LogP contribution in [0.25, 0.3) is 0 Å². The lowest BCUT2D eigenvalue weighted by atomic mass is 9.92. The molecule has 2 unspecified atom stereocenters. The van der Waals surface area contributed by atoms with E-state index in [1.54, 1.807) is 0 Å². The van der Waals surface area contributed by atoms with Crippen molar-refractivity contribution in [1.82, 2.24) is 5.32 Å². The largest absolute Gasteiger partial charge is 0.368 e. The van der Waals surface area contributed by atoms with E-state index in [4.69, 9.17) is 5.73 Å². The lowest BCUT2D eigenvalue weighted by molar-refractivity contribution is -0.120. The summed E-state index contributed by atoms with van der Waals surface area (Å²) in [6, 6.07) is 12.6. The second kappa shape index (κ2) is 7.73. The van der Waals surface area contributed by atoms with Crippen molar-refractivity contribution in [3.05, 3.63) is 71.0 Å².